The summed E-state index contributed by atoms with van der Waals surface area (Å²) in [6.45, 7) is 6.44. The van der Waals surface area contributed by atoms with Crippen LogP contribution in [0.15, 0.2) is 47.1 Å². The quantitative estimate of drug-likeness (QED) is 0.633. The van der Waals surface area contributed by atoms with Gasteiger partial charge in [-0.25, -0.2) is 14.8 Å². The number of hydrogen-bond acceptors (Lipinski definition) is 6. The van der Waals surface area contributed by atoms with E-state index in [0.717, 1.165) is 22.4 Å². The smallest absolute Gasteiger partial charge is 0.323 e. The normalized spacial score (nSPS) is 13.6. The maximum Gasteiger partial charge on any atom is 0.323 e. The molecule has 3 aromatic rings. The minimum absolute atomic E-state index is 0.142. The Hall–Kier alpha value is -3.39. The summed E-state index contributed by atoms with van der Waals surface area (Å²) in [4.78, 5) is 22.1. The Bertz CT molecular complexity index is 1020. The van der Waals surface area contributed by atoms with Crippen molar-refractivity contribution in [3.8, 4) is 11.3 Å². The lowest BCUT2D eigenvalue weighted by molar-refractivity contribution is 0.134. The van der Waals surface area contributed by atoms with Crippen LogP contribution in [-0.2, 0) is 11.3 Å². The van der Waals surface area contributed by atoms with Crippen molar-refractivity contribution < 1.29 is 13.9 Å². The summed E-state index contributed by atoms with van der Waals surface area (Å²) in [6.07, 6.45) is 3.32. The van der Waals surface area contributed by atoms with Crippen molar-refractivity contribution in [3.63, 3.8) is 0 Å². The topological polar surface area (TPSA) is 92.5 Å². The maximum absolute atomic E-state index is 11.9. The number of carbonyl (C=O) groups excluding carboxylic acids is 1. The van der Waals surface area contributed by atoms with E-state index in [1.54, 1.807) is 17.3 Å². The predicted molar refractivity (Wildman–Crippen MR) is 110 cm³/mol. The van der Waals surface area contributed by atoms with Crippen molar-refractivity contribution in [1.29, 1.82) is 0 Å². The molecule has 2 N–H and O–H groups in total. The molecule has 8 heteroatoms. The lowest BCUT2D eigenvalue weighted by Crippen LogP contribution is -2.28. The number of nitrogens with zero attached hydrogens (tertiary/aromatic N) is 3. The van der Waals surface area contributed by atoms with Crippen LogP contribution in [0.4, 0.5) is 22.3 Å². The van der Waals surface area contributed by atoms with E-state index in [-0.39, 0.29) is 6.03 Å². The first-order valence-electron chi connectivity index (χ1n) is 9.56. The number of anilines is 3. The van der Waals surface area contributed by atoms with E-state index in [4.69, 9.17) is 9.15 Å². The van der Waals surface area contributed by atoms with Gasteiger partial charge in [-0.15, -0.1) is 0 Å². The fraction of sp³-hybridized carbons (Fsp3) is 0.286. The Labute approximate surface area is 168 Å². The van der Waals surface area contributed by atoms with Gasteiger partial charge in [0.2, 0.25) is 0 Å². The Morgan fingerprint density at radius 3 is 2.97 bits per heavy atom. The van der Waals surface area contributed by atoms with E-state index in [0.29, 0.717) is 43.9 Å². The van der Waals surface area contributed by atoms with E-state index >= 15 is 0 Å². The lowest BCUT2D eigenvalue weighted by Gasteiger charge is -2.13. The highest BCUT2D eigenvalue weighted by atomic mass is 16.5. The molecule has 3 heterocycles. The van der Waals surface area contributed by atoms with Gasteiger partial charge in [0, 0.05) is 37.1 Å². The summed E-state index contributed by atoms with van der Waals surface area (Å²) in [7, 11) is 0. The van der Waals surface area contributed by atoms with Crippen LogP contribution in [0.5, 0.6) is 0 Å². The molecule has 2 aromatic heterocycles. The SMILES string of the molecule is CCOCc1ccc(C)c(Nc2ncc(-c3ccnc(N4CCNC4=O)c3)o2)c1. The number of urea groups is 1. The lowest BCUT2D eigenvalue weighted by atomic mass is 10.1. The van der Waals surface area contributed by atoms with E-state index < -0.39 is 0 Å². The summed E-state index contributed by atoms with van der Waals surface area (Å²) < 4.78 is 11.4. The van der Waals surface area contributed by atoms with Gasteiger partial charge >= 0.3 is 6.03 Å². The van der Waals surface area contributed by atoms with Crippen LogP contribution in [0, 0.1) is 6.92 Å². The Kier molecular flexibility index (Phi) is 5.44. The van der Waals surface area contributed by atoms with E-state index in [1.165, 1.54) is 0 Å². The van der Waals surface area contributed by atoms with Gasteiger partial charge < -0.3 is 19.8 Å². The summed E-state index contributed by atoms with van der Waals surface area (Å²) in [5.74, 6) is 1.18. The van der Waals surface area contributed by atoms with Crippen LogP contribution in [0.1, 0.15) is 18.1 Å². The zero-order chi connectivity index (χ0) is 20.2. The van der Waals surface area contributed by atoms with Crippen molar-refractivity contribution >= 4 is 23.6 Å². The van der Waals surface area contributed by atoms with Crippen LogP contribution in [-0.4, -0.2) is 35.7 Å². The Morgan fingerprint density at radius 2 is 2.17 bits per heavy atom. The molecule has 1 aliphatic rings. The fourth-order valence-electron chi connectivity index (χ4n) is 3.10. The molecule has 0 saturated carbocycles. The van der Waals surface area contributed by atoms with Crippen molar-refractivity contribution in [2.24, 2.45) is 0 Å². The van der Waals surface area contributed by atoms with Crippen LogP contribution in [0.25, 0.3) is 11.3 Å². The Balaban J connectivity index is 1.53. The Morgan fingerprint density at radius 1 is 1.28 bits per heavy atom. The first-order chi connectivity index (χ1) is 14.1. The minimum Gasteiger partial charge on any atom is -0.423 e. The molecule has 29 heavy (non-hydrogen) atoms. The summed E-state index contributed by atoms with van der Waals surface area (Å²) in [5, 5.41) is 6.01. The van der Waals surface area contributed by atoms with Crippen molar-refractivity contribution in [3.05, 3.63) is 53.9 Å². The van der Waals surface area contributed by atoms with Crippen LogP contribution < -0.4 is 15.5 Å². The van der Waals surface area contributed by atoms with Gasteiger partial charge in [-0.3, -0.25) is 4.90 Å². The van der Waals surface area contributed by atoms with Crippen molar-refractivity contribution in [2.75, 3.05) is 29.9 Å². The molecule has 0 aliphatic carbocycles. The number of aryl methyl sites for hydroxylation is 1. The molecule has 0 radical (unpaired) electrons. The summed E-state index contributed by atoms with van der Waals surface area (Å²) >= 11 is 0. The number of carbonyl (C=O) groups is 1. The molecule has 0 spiro atoms. The molecular formula is C21H23N5O3. The average molecular weight is 393 g/mol. The molecule has 1 fully saturated rings. The van der Waals surface area contributed by atoms with Gasteiger partial charge in [0.25, 0.3) is 6.01 Å². The number of pyridine rings is 1. The van der Waals surface area contributed by atoms with Gasteiger partial charge in [0.05, 0.1) is 12.8 Å². The third-order valence-corrected chi connectivity index (χ3v) is 4.69. The standard InChI is InChI=1S/C21H23N5O3/c1-3-28-13-15-5-4-14(2)17(10-15)25-20-24-12-18(29-20)16-6-7-22-19(11-16)26-9-8-23-21(26)27/h4-7,10-12H,3,8-9,13H2,1-2H3,(H,23,27)(H,24,25). The van der Waals surface area contributed by atoms with Crippen molar-refractivity contribution in [2.45, 2.75) is 20.5 Å². The van der Waals surface area contributed by atoms with Gasteiger partial charge in [0.15, 0.2) is 5.76 Å². The second-order valence-corrected chi connectivity index (χ2v) is 6.73. The van der Waals surface area contributed by atoms with E-state index in [1.807, 2.05) is 44.2 Å². The molecule has 150 valence electrons. The molecule has 8 nitrogen and oxygen atoms in total. The van der Waals surface area contributed by atoms with Crippen LogP contribution >= 0.6 is 0 Å². The minimum atomic E-state index is -0.142. The van der Waals surface area contributed by atoms with Gasteiger partial charge in [0.1, 0.15) is 5.82 Å². The van der Waals surface area contributed by atoms with Crippen LogP contribution in [0.3, 0.4) is 0 Å². The number of nitrogens with one attached hydrogen (secondary N) is 2. The molecule has 2 amide bonds. The van der Waals surface area contributed by atoms with E-state index in [2.05, 4.69) is 20.6 Å². The molecule has 1 saturated heterocycles. The average Bonchev–Trinajstić information content (AvgIpc) is 3.38. The van der Waals surface area contributed by atoms with Gasteiger partial charge in [-0.05, 0) is 43.2 Å². The third-order valence-electron chi connectivity index (χ3n) is 4.69. The number of oxazole rings is 1. The number of ether oxygens (including phenoxy) is 1. The monoisotopic (exact) mass is 393 g/mol. The maximum atomic E-state index is 11.9. The number of aromatic nitrogens is 2. The molecular weight excluding hydrogens is 370 g/mol. The predicted octanol–water partition coefficient (Wildman–Crippen LogP) is 3.85. The second kappa shape index (κ2) is 8.32. The van der Waals surface area contributed by atoms with Gasteiger partial charge in [-0.1, -0.05) is 12.1 Å². The third kappa shape index (κ3) is 4.22. The van der Waals surface area contributed by atoms with Crippen molar-refractivity contribution in [1.82, 2.24) is 15.3 Å². The molecule has 1 aliphatic heterocycles. The highest BCUT2D eigenvalue weighted by Crippen LogP contribution is 2.28. The van der Waals surface area contributed by atoms with Gasteiger partial charge in [-0.2, -0.15) is 0 Å². The molecule has 4 rings (SSSR count). The number of hydrogen-bond donors (Lipinski definition) is 2. The summed E-state index contributed by atoms with van der Waals surface area (Å²) in [6, 6.07) is 10.0. The van der Waals surface area contributed by atoms with E-state index in [9.17, 15) is 4.79 Å². The zero-order valence-corrected chi connectivity index (χ0v) is 16.4. The van der Waals surface area contributed by atoms with Crippen LogP contribution in [0.2, 0.25) is 0 Å². The number of rotatable bonds is 7. The molecule has 1 aromatic carbocycles. The first kappa shape index (κ1) is 18.9. The molecule has 0 unspecified atom stereocenters. The number of benzene rings is 1. The fourth-order valence-corrected chi connectivity index (χ4v) is 3.10. The largest absolute Gasteiger partial charge is 0.423 e. The highest BCUT2D eigenvalue weighted by molar-refractivity contribution is 5.93. The zero-order valence-electron chi connectivity index (χ0n) is 16.4. The highest BCUT2D eigenvalue weighted by Gasteiger charge is 2.22. The summed E-state index contributed by atoms with van der Waals surface area (Å²) in [5.41, 5.74) is 3.88. The number of amides is 2. The molecule has 0 atom stereocenters. The molecule has 0 bridgehead atoms. The first-order valence-corrected chi connectivity index (χ1v) is 9.56. The second-order valence-electron chi connectivity index (χ2n) is 6.73.